The van der Waals surface area contributed by atoms with Gasteiger partial charge < -0.3 is 19.3 Å². The lowest BCUT2D eigenvalue weighted by Crippen LogP contribution is -1.95. The molecule has 5 heteroatoms. The first-order chi connectivity index (χ1) is 11.9. The van der Waals surface area contributed by atoms with E-state index in [2.05, 4.69) is 0 Å². The number of hydrogen-bond acceptors (Lipinski definition) is 4. The Hall–Kier alpha value is -2.95. The third kappa shape index (κ3) is 6.59. The minimum Gasteiger partial charge on any atom is -0.493 e. The molecule has 0 unspecified atom stereocenters. The van der Waals surface area contributed by atoms with Crippen LogP contribution in [0.25, 0.3) is 6.08 Å². The van der Waals surface area contributed by atoms with E-state index < -0.39 is 5.97 Å². The zero-order valence-corrected chi connectivity index (χ0v) is 15.2. The molecule has 0 atom stereocenters. The van der Waals surface area contributed by atoms with E-state index in [-0.39, 0.29) is 0 Å². The molecule has 0 aliphatic heterocycles. The molecule has 0 saturated carbocycles. The first-order valence-corrected chi connectivity index (χ1v) is 7.65. The van der Waals surface area contributed by atoms with Crippen LogP contribution in [-0.2, 0) is 4.79 Å². The second kappa shape index (κ2) is 10.0. The average molecular weight is 344 g/mol. The minimum atomic E-state index is -0.954. The van der Waals surface area contributed by atoms with E-state index >= 15 is 0 Å². The predicted molar refractivity (Wildman–Crippen MR) is 99.4 cm³/mol. The van der Waals surface area contributed by atoms with Gasteiger partial charge in [0, 0.05) is 6.08 Å². The van der Waals surface area contributed by atoms with Gasteiger partial charge in [0.15, 0.2) is 11.5 Å². The summed E-state index contributed by atoms with van der Waals surface area (Å²) < 4.78 is 16.0. The fraction of sp³-hybridized carbons (Fsp3) is 0.250. The van der Waals surface area contributed by atoms with Gasteiger partial charge >= 0.3 is 5.97 Å². The third-order valence-corrected chi connectivity index (χ3v) is 3.30. The third-order valence-electron chi connectivity index (χ3n) is 3.30. The molecule has 0 amide bonds. The Morgan fingerprint density at radius 2 is 1.56 bits per heavy atom. The van der Waals surface area contributed by atoms with E-state index in [1.165, 1.54) is 0 Å². The van der Waals surface area contributed by atoms with Crippen LogP contribution in [0.15, 0.2) is 53.7 Å². The second-order valence-corrected chi connectivity index (χ2v) is 5.29. The number of methoxy groups -OCH3 is 3. The highest BCUT2D eigenvalue weighted by Gasteiger charge is 2.11. The van der Waals surface area contributed by atoms with Gasteiger partial charge in [-0.2, -0.15) is 0 Å². The fourth-order valence-electron chi connectivity index (χ4n) is 2.08. The molecule has 0 spiro atoms. The SMILES string of the molecule is COc1cc(/C=C/C(C)=C/C=C/C(C)=C/C(=O)O)cc(OC)c1OC. The second-order valence-electron chi connectivity index (χ2n) is 5.29. The van der Waals surface area contributed by atoms with Gasteiger partial charge in [-0.15, -0.1) is 0 Å². The van der Waals surface area contributed by atoms with Crippen molar-refractivity contribution in [2.24, 2.45) is 0 Å². The molecule has 1 N–H and O–H groups in total. The number of carboxylic acid groups (broad SMARTS) is 1. The summed E-state index contributed by atoms with van der Waals surface area (Å²) in [5, 5.41) is 8.66. The predicted octanol–water partition coefficient (Wildman–Crippen LogP) is 4.26. The molecular weight excluding hydrogens is 320 g/mol. The molecule has 0 aliphatic rings. The van der Waals surface area contributed by atoms with Crippen LogP contribution in [-0.4, -0.2) is 32.4 Å². The molecule has 1 rings (SSSR count). The Bertz CT molecular complexity index is 699. The van der Waals surface area contributed by atoms with Crippen molar-refractivity contribution in [3.63, 3.8) is 0 Å². The molecular formula is C20H24O5. The van der Waals surface area contributed by atoms with E-state index in [9.17, 15) is 4.79 Å². The molecule has 1 aromatic carbocycles. The Balaban J connectivity index is 2.95. The zero-order chi connectivity index (χ0) is 18.8. The van der Waals surface area contributed by atoms with Crippen molar-refractivity contribution in [2.75, 3.05) is 21.3 Å². The largest absolute Gasteiger partial charge is 0.493 e. The molecule has 0 aliphatic carbocycles. The van der Waals surface area contributed by atoms with Crippen LogP contribution < -0.4 is 14.2 Å². The van der Waals surface area contributed by atoms with Crippen LogP contribution in [0.4, 0.5) is 0 Å². The minimum absolute atomic E-state index is 0.554. The Morgan fingerprint density at radius 1 is 0.960 bits per heavy atom. The lowest BCUT2D eigenvalue weighted by Gasteiger charge is -2.12. The monoisotopic (exact) mass is 344 g/mol. The van der Waals surface area contributed by atoms with E-state index in [1.807, 2.05) is 43.4 Å². The number of aliphatic carboxylic acids is 1. The van der Waals surface area contributed by atoms with Crippen LogP contribution in [0.1, 0.15) is 19.4 Å². The number of hydrogen-bond donors (Lipinski definition) is 1. The van der Waals surface area contributed by atoms with Crippen LogP contribution >= 0.6 is 0 Å². The van der Waals surface area contributed by atoms with Crippen molar-refractivity contribution in [2.45, 2.75) is 13.8 Å². The maximum Gasteiger partial charge on any atom is 0.328 e. The van der Waals surface area contributed by atoms with Crippen molar-refractivity contribution in [1.29, 1.82) is 0 Å². The van der Waals surface area contributed by atoms with Crippen LogP contribution in [0.2, 0.25) is 0 Å². The summed E-state index contributed by atoms with van der Waals surface area (Å²) in [6.45, 7) is 3.69. The highest BCUT2D eigenvalue weighted by Crippen LogP contribution is 2.38. The normalized spacial score (nSPS) is 12.7. The van der Waals surface area contributed by atoms with Gasteiger partial charge in [-0.05, 0) is 37.1 Å². The molecule has 0 saturated heterocycles. The van der Waals surface area contributed by atoms with Crippen molar-refractivity contribution in [1.82, 2.24) is 0 Å². The zero-order valence-electron chi connectivity index (χ0n) is 15.2. The van der Waals surface area contributed by atoms with Gasteiger partial charge in [-0.3, -0.25) is 0 Å². The standard InChI is InChI=1S/C20H24O5/c1-14(7-6-8-15(2)11-19(21)22)9-10-16-12-17(23-3)20(25-5)18(13-16)24-4/h6-13H,1-5H3,(H,21,22)/b8-6+,10-9+,14-7+,15-11+. The van der Waals surface area contributed by atoms with Gasteiger partial charge in [0.25, 0.3) is 0 Å². The van der Waals surface area contributed by atoms with Crippen molar-refractivity contribution < 1.29 is 24.1 Å². The summed E-state index contributed by atoms with van der Waals surface area (Å²) in [4.78, 5) is 10.6. The van der Waals surface area contributed by atoms with Crippen LogP contribution in [0.5, 0.6) is 17.2 Å². The van der Waals surface area contributed by atoms with Crippen molar-refractivity contribution in [3.8, 4) is 17.2 Å². The molecule has 134 valence electrons. The summed E-state index contributed by atoms with van der Waals surface area (Å²) >= 11 is 0. The molecule has 0 bridgehead atoms. The number of benzene rings is 1. The van der Waals surface area contributed by atoms with Gasteiger partial charge in [-0.25, -0.2) is 4.79 Å². The fourth-order valence-corrected chi connectivity index (χ4v) is 2.08. The van der Waals surface area contributed by atoms with Crippen molar-refractivity contribution in [3.05, 3.63) is 59.2 Å². The topological polar surface area (TPSA) is 65.0 Å². The van der Waals surface area contributed by atoms with E-state index in [0.29, 0.717) is 22.8 Å². The Kier molecular flexibility index (Phi) is 8.06. The smallest absolute Gasteiger partial charge is 0.328 e. The quantitative estimate of drug-likeness (QED) is 0.564. The number of ether oxygens (including phenoxy) is 3. The first-order valence-electron chi connectivity index (χ1n) is 7.65. The lowest BCUT2D eigenvalue weighted by molar-refractivity contribution is -0.131. The summed E-state index contributed by atoms with van der Waals surface area (Å²) in [7, 11) is 4.72. The molecule has 0 radical (unpaired) electrons. The highest BCUT2D eigenvalue weighted by molar-refractivity contribution is 5.81. The van der Waals surface area contributed by atoms with Gasteiger partial charge in [0.05, 0.1) is 21.3 Å². The number of allylic oxidation sites excluding steroid dienone is 6. The maximum absolute atomic E-state index is 10.6. The van der Waals surface area contributed by atoms with E-state index in [0.717, 1.165) is 17.2 Å². The molecule has 0 heterocycles. The Morgan fingerprint density at radius 3 is 2.04 bits per heavy atom. The maximum atomic E-state index is 10.6. The van der Waals surface area contributed by atoms with Crippen LogP contribution in [0, 0.1) is 0 Å². The van der Waals surface area contributed by atoms with Gasteiger partial charge in [0.1, 0.15) is 0 Å². The van der Waals surface area contributed by atoms with Gasteiger partial charge in [0.2, 0.25) is 5.75 Å². The van der Waals surface area contributed by atoms with Crippen molar-refractivity contribution >= 4 is 12.0 Å². The molecule has 25 heavy (non-hydrogen) atoms. The van der Waals surface area contributed by atoms with Crippen LogP contribution in [0.3, 0.4) is 0 Å². The van der Waals surface area contributed by atoms with E-state index in [4.69, 9.17) is 19.3 Å². The molecule has 5 nitrogen and oxygen atoms in total. The van der Waals surface area contributed by atoms with Gasteiger partial charge in [-0.1, -0.05) is 36.0 Å². The average Bonchev–Trinajstić information content (AvgIpc) is 2.58. The number of carboxylic acids is 1. The number of carbonyl (C=O) groups is 1. The lowest BCUT2D eigenvalue weighted by atomic mass is 10.1. The molecule has 0 aromatic heterocycles. The summed E-state index contributed by atoms with van der Waals surface area (Å²) in [5.41, 5.74) is 2.59. The summed E-state index contributed by atoms with van der Waals surface area (Å²) in [6.07, 6.45) is 10.5. The molecule has 0 fully saturated rings. The molecule has 1 aromatic rings. The highest BCUT2D eigenvalue weighted by atomic mass is 16.5. The number of rotatable bonds is 8. The summed E-state index contributed by atoms with van der Waals surface area (Å²) in [6, 6.07) is 3.72. The van der Waals surface area contributed by atoms with E-state index in [1.54, 1.807) is 34.3 Å². The first kappa shape index (κ1) is 20.1. The Labute approximate surface area is 148 Å². The summed E-state index contributed by atoms with van der Waals surface area (Å²) in [5.74, 6) is 0.790.